The van der Waals surface area contributed by atoms with Crippen LogP contribution in [0.3, 0.4) is 0 Å². The van der Waals surface area contributed by atoms with Crippen LogP contribution in [0.2, 0.25) is 0 Å². The van der Waals surface area contributed by atoms with Gasteiger partial charge in [-0.25, -0.2) is 0 Å². The monoisotopic (exact) mass is 390 g/mol. The second kappa shape index (κ2) is 9.71. The summed E-state index contributed by atoms with van der Waals surface area (Å²) >= 11 is 0. The highest BCUT2D eigenvalue weighted by Gasteiger charge is 2.15. The van der Waals surface area contributed by atoms with Gasteiger partial charge in [0.1, 0.15) is 0 Å². The maximum absolute atomic E-state index is 5.20. The van der Waals surface area contributed by atoms with Gasteiger partial charge in [-0.2, -0.15) is 5.10 Å². The number of nitrogens with zero attached hydrogens (tertiary/aromatic N) is 2. The van der Waals surface area contributed by atoms with E-state index in [1.807, 2.05) is 18.2 Å². The van der Waals surface area contributed by atoms with Crippen LogP contribution in [-0.4, -0.2) is 12.3 Å². The molecule has 0 fully saturated rings. The first-order chi connectivity index (χ1) is 14.8. The van der Waals surface area contributed by atoms with Crippen LogP contribution in [0.25, 0.3) is 0 Å². The van der Waals surface area contributed by atoms with Crippen LogP contribution < -0.4 is 5.01 Å². The zero-order chi connectivity index (χ0) is 20.6. The number of anilines is 1. The molecule has 1 unspecified atom stereocenters. The third-order valence-corrected chi connectivity index (χ3v) is 5.18. The average Bonchev–Trinajstić information content (AvgIpc) is 2.84. The van der Waals surface area contributed by atoms with Gasteiger partial charge in [0.25, 0.3) is 0 Å². The molecule has 2 heteroatoms. The smallest absolute Gasteiger partial charge is 0.0980 e. The van der Waals surface area contributed by atoms with E-state index in [0.29, 0.717) is 5.92 Å². The van der Waals surface area contributed by atoms with Crippen LogP contribution >= 0.6 is 0 Å². The minimum Gasteiger partial charge on any atom is -0.264 e. The Morgan fingerprint density at radius 3 is 1.57 bits per heavy atom. The minimum atomic E-state index is 0.336. The quantitative estimate of drug-likeness (QED) is 0.252. The van der Waals surface area contributed by atoms with Crippen molar-refractivity contribution in [1.29, 1.82) is 0 Å². The standard InChI is InChI=1S/C28H26N2/c1-23(24-14-6-2-7-15-24)22-30(27-20-12-5-13-21-27)29-28(25-16-8-3-9-17-25)26-18-10-4-11-19-26/h2-21,23H,22H2,1H3. The van der Waals surface area contributed by atoms with E-state index in [-0.39, 0.29) is 0 Å². The summed E-state index contributed by atoms with van der Waals surface area (Å²) in [5.74, 6) is 0.336. The van der Waals surface area contributed by atoms with Crippen molar-refractivity contribution < 1.29 is 0 Å². The number of rotatable bonds is 7. The highest BCUT2D eigenvalue weighted by Crippen LogP contribution is 2.23. The first kappa shape index (κ1) is 19.7. The molecule has 0 radical (unpaired) electrons. The van der Waals surface area contributed by atoms with Gasteiger partial charge in [0.2, 0.25) is 0 Å². The Hall–Kier alpha value is -3.65. The van der Waals surface area contributed by atoms with E-state index in [9.17, 15) is 0 Å². The molecule has 4 aromatic carbocycles. The average molecular weight is 391 g/mol. The van der Waals surface area contributed by atoms with Crippen molar-refractivity contribution in [2.24, 2.45) is 5.10 Å². The van der Waals surface area contributed by atoms with E-state index in [0.717, 1.165) is 29.1 Å². The molecule has 0 saturated carbocycles. The summed E-state index contributed by atoms with van der Waals surface area (Å²) in [5.41, 5.74) is 5.59. The fraction of sp³-hybridized carbons (Fsp3) is 0.107. The van der Waals surface area contributed by atoms with Crippen molar-refractivity contribution in [3.8, 4) is 0 Å². The Morgan fingerprint density at radius 2 is 1.07 bits per heavy atom. The van der Waals surface area contributed by atoms with Crippen molar-refractivity contribution in [1.82, 2.24) is 0 Å². The summed E-state index contributed by atoms with van der Waals surface area (Å²) in [6, 6.07) is 41.9. The summed E-state index contributed by atoms with van der Waals surface area (Å²) in [5, 5.41) is 7.33. The van der Waals surface area contributed by atoms with Gasteiger partial charge in [-0.15, -0.1) is 0 Å². The normalized spacial score (nSPS) is 11.5. The van der Waals surface area contributed by atoms with Gasteiger partial charge in [0.05, 0.1) is 11.4 Å². The lowest BCUT2D eigenvalue weighted by molar-refractivity contribution is 0.709. The first-order valence-electron chi connectivity index (χ1n) is 10.4. The molecule has 0 aliphatic rings. The van der Waals surface area contributed by atoms with Gasteiger partial charge in [-0.3, -0.25) is 5.01 Å². The molecule has 0 amide bonds. The molecule has 0 heterocycles. The molecule has 4 rings (SSSR count). The number of hydrazone groups is 1. The highest BCUT2D eigenvalue weighted by molar-refractivity contribution is 6.13. The summed E-state index contributed by atoms with van der Waals surface area (Å²) in [4.78, 5) is 0. The van der Waals surface area contributed by atoms with Gasteiger partial charge < -0.3 is 0 Å². The van der Waals surface area contributed by atoms with E-state index < -0.39 is 0 Å². The first-order valence-corrected chi connectivity index (χ1v) is 10.4. The summed E-state index contributed by atoms with van der Waals surface area (Å²) in [7, 11) is 0. The van der Waals surface area contributed by atoms with Crippen LogP contribution in [0.15, 0.2) is 126 Å². The molecule has 2 nitrogen and oxygen atoms in total. The molecule has 0 bridgehead atoms. The molecule has 0 spiro atoms. The zero-order valence-corrected chi connectivity index (χ0v) is 17.2. The maximum atomic E-state index is 5.20. The Balaban J connectivity index is 1.77. The van der Waals surface area contributed by atoms with E-state index in [1.165, 1.54) is 5.56 Å². The van der Waals surface area contributed by atoms with Crippen molar-refractivity contribution in [2.45, 2.75) is 12.8 Å². The third-order valence-electron chi connectivity index (χ3n) is 5.18. The van der Waals surface area contributed by atoms with Crippen molar-refractivity contribution in [3.05, 3.63) is 138 Å². The van der Waals surface area contributed by atoms with Crippen molar-refractivity contribution in [2.75, 3.05) is 11.6 Å². The largest absolute Gasteiger partial charge is 0.264 e. The predicted molar refractivity (Wildman–Crippen MR) is 127 cm³/mol. The van der Waals surface area contributed by atoms with Crippen molar-refractivity contribution in [3.63, 3.8) is 0 Å². The van der Waals surface area contributed by atoms with Crippen molar-refractivity contribution >= 4 is 11.4 Å². The SMILES string of the molecule is CC(CN(N=C(c1ccccc1)c1ccccc1)c1ccccc1)c1ccccc1. The third kappa shape index (κ3) is 4.84. The molecule has 148 valence electrons. The molecular weight excluding hydrogens is 364 g/mol. The number of para-hydroxylation sites is 1. The fourth-order valence-corrected chi connectivity index (χ4v) is 3.55. The highest BCUT2D eigenvalue weighted by atomic mass is 15.5. The lowest BCUT2D eigenvalue weighted by Gasteiger charge is -2.25. The molecular formula is C28H26N2. The second-order valence-electron chi connectivity index (χ2n) is 7.41. The van der Waals surface area contributed by atoms with E-state index in [1.54, 1.807) is 0 Å². The molecule has 1 atom stereocenters. The summed E-state index contributed by atoms with van der Waals surface area (Å²) in [6.07, 6.45) is 0. The van der Waals surface area contributed by atoms with Crippen LogP contribution in [0.4, 0.5) is 5.69 Å². The number of hydrogen-bond acceptors (Lipinski definition) is 2. The second-order valence-corrected chi connectivity index (χ2v) is 7.41. The maximum Gasteiger partial charge on any atom is 0.0980 e. The summed E-state index contributed by atoms with van der Waals surface area (Å²) < 4.78 is 0. The van der Waals surface area contributed by atoms with E-state index in [4.69, 9.17) is 5.10 Å². The van der Waals surface area contributed by atoms with Gasteiger partial charge in [0, 0.05) is 23.6 Å². The van der Waals surface area contributed by atoms with Crippen LogP contribution in [0.5, 0.6) is 0 Å². The van der Waals surface area contributed by atoms with Gasteiger partial charge >= 0.3 is 0 Å². The Morgan fingerprint density at radius 1 is 0.633 bits per heavy atom. The van der Waals surface area contributed by atoms with Crippen LogP contribution in [0, 0.1) is 0 Å². The topological polar surface area (TPSA) is 15.6 Å². The van der Waals surface area contributed by atoms with Gasteiger partial charge in [-0.1, -0.05) is 116 Å². The van der Waals surface area contributed by atoms with Gasteiger partial charge in [0.15, 0.2) is 0 Å². The Bertz CT molecular complexity index is 1020. The molecule has 0 aromatic heterocycles. The molecule has 30 heavy (non-hydrogen) atoms. The van der Waals surface area contributed by atoms with Crippen LogP contribution in [0.1, 0.15) is 29.5 Å². The lowest BCUT2D eigenvalue weighted by atomic mass is 10.0. The minimum absolute atomic E-state index is 0.336. The zero-order valence-electron chi connectivity index (χ0n) is 17.2. The molecule has 0 N–H and O–H groups in total. The Labute approximate surface area is 179 Å². The number of hydrogen-bond donors (Lipinski definition) is 0. The van der Waals surface area contributed by atoms with E-state index in [2.05, 4.69) is 115 Å². The molecule has 4 aromatic rings. The predicted octanol–water partition coefficient (Wildman–Crippen LogP) is 6.75. The lowest BCUT2D eigenvalue weighted by Crippen LogP contribution is -2.24. The van der Waals surface area contributed by atoms with Crippen LogP contribution in [-0.2, 0) is 0 Å². The van der Waals surface area contributed by atoms with Gasteiger partial charge in [-0.05, 0) is 17.7 Å². The molecule has 0 aliphatic heterocycles. The molecule has 0 aliphatic carbocycles. The van der Waals surface area contributed by atoms with E-state index >= 15 is 0 Å². The Kier molecular flexibility index (Phi) is 6.36. The fourth-order valence-electron chi connectivity index (χ4n) is 3.55. The number of benzene rings is 4. The summed E-state index contributed by atoms with van der Waals surface area (Å²) in [6.45, 7) is 3.04. The molecule has 0 saturated heterocycles.